The lowest BCUT2D eigenvalue weighted by molar-refractivity contribution is 0.507. The summed E-state index contributed by atoms with van der Waals surface area (Å²) in [5, 5.41) is 8.77. The molecule has 0 saturated heterocycles. The third-order valence-corrected chi connectivity index (χ3v) is 4.08. The third-order valence-electron chi connectivity index (χ3n) is 3.20. The van der Waals surface area contributed by atoms with Gasteiger partial charge in [-0.1, -0.05) is 17.8 Å². The van der Waals surface area contributed by atoms with Crippen molar-refractivity contribution in [3.63, 3.8) is 0 Å². The van der Waals surface area contributed by atoms with Gasteiger partial charge in [0.15, 0.2) is 0 Å². The second-order valence-corrected chi connectivity index (χ2v) is 5.92. The topological polar surface area (TPSA) is 81.7 Å². The molecule has 0 spiro atoms. The summed E-state index contributed by atoms with van der Waals surface area (Å²) in [4.78, 5) is 1.12. The molecule has 0 bridgehead atoms. The minimum absolute atomic E-state index is 0.0204. The molecule has 1 atom stereocenters. The largest absolute Gasteiger partial charge is 0.271 e. The summed E-state index contributed by atoms with van der Waals surface area (Å²) in [6.45, 7) is 6.36. The van der Waals surface area contributed by atoms with E-state index >= 15 is 0 Å². The van der Waals surface area contributed by atoms with Crippen molar-refractivity contribution in [1.82, 2.24) is 24.8 Å². The maximum Gasteiger partial charge on any atom is 0.0804 e. The number of nitrogens with two attached hydrogens (primary N) is 1. The third kappa shape index (κ3) is 3.41. The van der Waals surface area contributed by atoms with Crippen LogP contribution in [-0.4, -0.2) is 19.4 Å². The van der Waals surface area contributed by atoms with Gasteiger partial charge in [-0.2, -0.15) is 5.10 Å². The molecule has 6 nitrogen and oxygen atoms in total. The van der Waals surface area contributed by atoms with Crippen molar-refractivity contribution in [2.45, 2.75) is 52.1 Å². The minimum Gasteiger partial charge on any atom is -0.271 e. The number of rotatable bonds is 7. The fourth-order valence-electron chi connectivity index (χ4n) is 2.10. The Morgan fingerprint density at radius 2 is 2.25 bits per heavy atom. The molecular weight excluding hydrogens is 272 g/mol. The highest BCUT2D eigenvalue weighted by atomic mass is 32.1. The quantitative estimate of drug-likeness (QED) is 0.603. The lowest BCUT2D eigenvalue weighted by Gasteiger charge is -2.13. The number of nitrogens with one attached hydrogen (secondary N) is 1. The van der Waals surface area contributed by atoms with Gasteiger partial charge in [-0.25, -0.2) is 0 Å². The Kier molecular flexibility index (Phi) is 5.22. The highest BCUT2D eigenvalue weighted by molar-refractivity contribution is 7.05. The van der Waals surface area contributed by atoms with Crippen LogP contribution in [0.2, 0.25) is 0 Å². The molecule has 0 saturated carbocycles. The smallest absolute Gasteiger partial charge is 0.0804 e. The monoisotopic (exact) mass is 294 g/mol. The molecule has 1 unspecified atom stereocenters. The first-order chi connectivity index (χ1) is 9.65. The van der Waals surface area contributed by atoms with Crippen molar-refractivity contribution < 1.29 is 0 Å². The Labute approximate surface area is 123 Å². The van der Waals surface area contributed by atoms with Gasteiger partial charge >= 0.3 is 0 Å². The van der Waals surface area contributed by atoms with E-state index < -0.39 is 0 Å². The van der Waals surface area contributed by atoms with Crippen LogP contribution >= 0.6 is 11.5 Å². The number of hydrogen-bond donors (Lipinski definition) is 2. The van der Waals surface area contributed by atoms with Crippen LogP contribution < -0.4 is 11.3 Å². The molecule has 2 rings (SSSR count). The molecule has 2 heterocycles. The zero-order valence-corrected chi connectivity index (χ0v) is 13.0. The fraction of sp³-hybridized carbons (Fsp3) is 0.615. The van der Waals surface area contributed by atoms with Crippen LogP contribution in [0, 0.1) is 0 Å². The van der Waals surface area contributed by atoms with Crippen LogP contribution in [0.1, 0.15) is 55.5 Å². The van der Waals surface area contributed by atoms with Crippen molar-refractivity contribution in [2.24, 2.45) is 5.84 Å². The van der Waals surface area contributed by atoms with Crippen molar-refractivity contribution >= 4 is 11.5 Å². The molecule has 0 fully saturated rings. The van der Waals surface area contributed by atoms with E-state index in [-0.39, 0.29) is 6.04 Å². The van der Waals surface area contributed by atoms with E-state index in [9.17, 15) is 0 Å². The average molecular weight is 294 g/mol. The summed E-state index contributed by atoms with van der Waals surface area (Å²) in [6, 6.07) is 2.43. The van der Waals surface area contributed by atoms with Gasteiger partial charge in [0.1, 0.15) is 0 Å². The standard InChI is InChI=1S/C13H22N6S/c1-4-5-11-13(20-18-16-11)12(15-14)8-10-6-7-19(17-10)9(2)3/h6-7,9,12,15H,4-5,8,14H2,1-3H3. The molecule has 0 radical (unpaired) electrons. The van der Waals surface area contributed by atoms with Crippen LogP contribution in [0.25, 0.3) is 0 Å². The molecule has 2 aromatic heterocycles. The van der Waals surface area contributed by atoms with Crippen molar-refractivity contribution in [3.05, 3.63) is 28.5 Å². The number of aryl methyl sites for hydroxylation is 1. The van der Waals surface area contributed by atoms with Gasteiger partial charge in [0, 0.05) is 18.7 Å². The Hall–Kier alpha value is -1.31. The first kappa shape index (κ1) is 15.1. The fourth-order valence-corrected chi connectivity index (χ4v) is 2.85. The van der Waals surface area contributed by atoms with E-state index in [4.69, 9.17) is 5.84 Å². The second-order valence-electron chi connectivity index (χ2n) is 5.14. The zero-order valence-electron chi connectivity index (χ0n) is 12.2. The predicted octanol–water partition coefficient (Wildman–Crippen LogP) is 2.02. The number of nitrogens with zero attached hydrogens (tertiary/aromatic N) is 4. The van der Waals surface area contributed by atoms with E-state index in [1.165, 1.54) is 11.5 Å². The molecule has 0 aliphatic carbocycles. The molecule has 0 aliphatic heterocycles. The summed E-state index contributed by atoms with van der Waals surface area (Å²) in [6.07, 6.45) is 4.74. The first-order valence-electron chi connectivity index (χ1n) is 6.97. The maximum absolute atomic E-state index is 5.71. The lowest BCUT2D eigenvalue weighted by Crippen LogP contribution is -2.29. The summed E-state index contributed by atoms with van der Waals surface area (Å²) < 4.78 is 6.01. The SMILES string of the molecule is CCCc1nnsc1C(Cc1ccn(C(C)C)n1)NN. The molecule has 0 aliphatic rings. The summed E-state index contributed by atoms with van der Waals surface area (Å²) in [5.74, 6) is 5.71. The summed E-state index contributed by atoms with van der Waals surface area (Å²) in [5.41, 5.74) is 4.94. The molecule has 7 heteroatoms. The van der Waals surface area contributed by atoms with Gasteiger partial charge in [-0.05, 0) is 37.9 Å². The Morgan fingerprint density at radius 3 is 2.85 bits per heavy atom. The van der Waals surface area contributed by atoms with Crippen molar-refractivity contribution in [2.75, 3.05) is 0 Å². The van der Waals surface area contributed by atoms with Crippen LogP contribution in [0.15, 0.2) is 12.3 Å². The van der Waals surface area contributed by atoms with Gasteiger partial charge in [0.05, 0.1) is 22.3 Å². The van der Waals surface area contributed by atoms with E-state index in [2.05, 4.69) is 40.9 Å². The first-order valence-corrected chi connectivity index (χ1v) is 7.74. The van der Waals surface area contributed by atoms with Gasteiger partial charge in [0.2, 0.25) is 0 Å². The summed E-state index contributed by atoms with van der Waals surface area (Å²) >= 11 is 1.42. The Morgan fingerprint density at radius 1 is 1.45 bits per heavy atom. The average Bonchev–Trinajstić information content (AvgIpc) is 3.05. The Bertz CT molecular complexity index is 532. The molecule has 0 aromatic carbocycles. The molecular formula is C13H22N6S. The van der Waals surface area contributed by atoms with Gasteiger partial charge in [0.25, 0.3) is 0 Å². The predicted molar refractivity (Wildman–Crippen MR) is 80.3 cm³/mol. The normalized spacial score (nSPS) is 13.1. The van der Waals surface area contributed by atoms with Crippen LogP contribution in [0.4, 0.5) is 0 Å². The minimum atomic E-state index is 0.0204. The van der Waals surface area contributed by atoms with E-state index in [0.29, 0.717) is 6.04 Å². The zero-order chi connectivity index (χ0) is 14.5. The molecule has 20 heavy (non-hydrogen) atoms. The van der Waals surface area contributed by atoms with Gasteiger partial charge < -0.3 is 0 Å². The summed E-state index contributed by atoms with van der Waals surface area (Å²) in [7, 11) is 0. The molecule has 2 aromatic rings. The van der Waals surface area contributed by atoms with E-state index in [1.807, 2.05) is 16.9 Å². The molecule has 3 N–H and O–H groups in total. The number of aromatic nitrogens is 4. The lowest BCUT2D eigenvalue weighted by atomic mass is 10.1. The van der Waals surface area contributed by atoms with E-state index in [0.717, 1.165) is 35.5 Å². The van der Waals surface area contributed by atoms with Crippen LogP contribution in [-0.2, 0) is 12.8 Å². The number of hydrogen-bond acceptors (Lipinski definition) is 6. The number of hydrazine groups is 1. The maximum atomic E-state index is 5.71. The highest BCUT2D eigenvalue weighted by Gasteiger charge is 2.19. The molecule has 110 valence electrons. The Balaban J connectivity index is 2.13. The van der Waals surface area contributed by atoms with E-state index in [1.54, 1.807) is 0 Å². The van der Waals surface area contributed by atoms with Crippen molar-refractivity contribution in [1.29, 1.82) is 0 Å². The molecule has 0 amide bonds. The highest BCUT2D eigenvalue weighted by Crippen LogP contribution is 2.24. The van der Waals surface area contributed by atoms with Crippen LogP contribution in [0.3, 0.4) is 0 Å². The van der Waals surface area contributed by atoms with Crippen LogP contribution in [0.5, 0.6) is 0 Å². The second kappa shape index (κ2) is 6.92. The van der Waals surface area contributed by atoms with Crippen molar-refractivity contribution in [3.8, 4) is 0 Å². The van der Waals surface area contributed by atoms with Gasteiger partial charge in [-0.3, -0.25) is 16.0 Å². The van der Waals surface area contributed by atoms with Gasteiger partial charge in [-0.15, -0.1) is 5.10 Å².